The molecule has 0 bridgehead atoms. The van der Waals surface area contributed by atoms with Crippen LogP contribution in [0.25, 0.3) is 0 Å². The Morgan fingerprint density at radius 1 is 0.867 bits per heavy atom. The molecule has 30 heavy (non-hydrogen) atoms. The number of aromatic carboxylic acids is 1. The van der Waals surface area contributed by atoms with E-state index < -0.39 is 22.4 Å². The molecule has 0 radical (unpaired) electrons. The smallest absolute Gasteiger partial charge is 0.337 e. The summed E-state index contributed by atoms with van der Waals surface area (Å²) >= 11 is 0. The van der Waals surface area contributed by atoms with Crippen molar-refractivity contribution >= 4 is 33.8 Å². The molecule has 0 fully saturated rings. The number of para-hydroxylation sites is 2. The third-order valence-corrected chi connectivity index (χ3v) is 3.87. The molecule has 11 heteroatoms. The molecule has 2 aromatic rings. The summed E-state index contributed by atoms with van der Waals surface area (Å²) in [4.78, 5) is 20.9. The molecule has 9 N–H and O–H groups in total. The molecule has 0 aromatic heterocycles. The first-order valence-electron chi connectivity index (χ1n) is 8.89. The molecule has 0 spiro atoms. The van der Waals surface area contributed by atoms with E-state index in [0.717, 1.165) is 19.3 Å². The van der Waals surface area contributed by atoms with Crippen molar-refractivity contribution < 1.29 is 23.1 Å². The summed E-state index contributed by atoms with van der Waals surface area (Å²) in [7, 11) is -2.23. The highest BCUT2D eigenvalue weighted by Gasteiger charge is 2.04. The maximum atomic E-state index is 10.6. The molecule has 0 aliphatic carbocycles. The van der Waals surface area contributed by atoms with Gasteiger partial charge in [0.15, 0.2) is 0 Å². The zero-order chi connectivity index (χ0) is 22.9. The van der Waals surface area contributed by atoms with Gasteiger partial charge in [-0.1, -0.05) is 30.7 Å². The number of carboxylic acid groups (broad SMARTS) is 1. The van der Waals surface area contributed by atoms with Gasteiger partial charge in [-0.2, -0.15) is 12.8 Å². The first kappa shape index (κ1) is 26.6. The van der Waals surface area contributed by atoms with Crippen LogP contribution in [0.5, 0.6) is 0 Å². The average molecular weight is 438 g/mol. The van der Waals surface area contributed by atoms with E-state index in [-0.39, 0.29) is 5.56 Å². The van der Waals surface area contributed by atoms with Crippen LogP contribution >= 0.6 is 0 Å². The third-order valence-electron chi connectivity index (χ3n) is 3.48. The Balaban J connectivity index is 0.000000420. The van der Waals surface area contributed by atoms with Crippen LogP contribution in [-0.2, 0) is 10.5 Å². The van der Waals surface area contributed by atoms with Crippen molar-refractivity contribution in [2.45, 2.75) is 19.3 Å². The van der Waals surface area contributed by atoms with Gasteiger partial charge in [0.2, 0.25) is 0 Å². The van der Waals surface area contributed by atoms with Gasteiger partial charge in [0, 0.05) is 11.4 Å². The molecule has 0 heterocycles. The van der Waals surface area contributed by atoms with E-state index in [0.29, 0.717) is 30.0 Å². The number of carboxylic acids is 1. The predicted molar refractivity (Wildman–Crippen MR) is 116 cm³/mol. The van der Waals surface area contributed by atoms with Crippen LogP contribution in [0.1, 0.15) is 40.0 Å². The highest BCUT2D eigenvalue weighted by Crippen LogP contribution is 2.09. The standard InChI is InChI=1S/C7H8N2O.C7H7NO2.C5H12N2O2S/c2*8-6-4-2-1-3-5(6)7(9)10;6-4-2-1-3-5-7-10(8)9/h1-4H,8H2,(H2,9,10);1-4H,8H2,(H,9,10);1-6H2. The van der Waals surface area contributed by atoms with E-state index in [4.69, 9.17) is 28.0 Å². The Kier molecular flexibility index (Phi) is 13.7. The lowest BCUT2D eigenvalue weighted by Gasteiger charge is -1.97. The minimum absolute atomic E-state index is 0.155. The molecular weight excluding hydrogens is 410 g/mol. The van der Waals surface area contributed by atoms with Gasteiger partial charge in [0.25, 0.3) is 5.91 Å². The zero-order valence-electron chi connectivity index (χ0n) is 16.4. The number of unbranched alkanes of at least 4 members (excludes halogenated alkanes) is 2. The first-order valence-corrected chi connectivity index (χ1v) is 9.92. The quantitative estimate of drug-likeness (QED) is 0.316. The van der Waals surface area contributed by atoms with E-state index in [9.17, 15) is 18.0 Å². The second-order valence-electron chi connectivity index (χ2n) is 5.76. The van der Waals surface area contributed by atoms with Crippen molar-refractivity contribution in [1.29, 1.82) is 0 Å². The fourth-order valence-electron chi connectivity index (χ4n) is 1.99. The summed E-state index contributed by atoms with van der Waals surface area (Å²) in [6.45, 7) is 1.07. The monoisotopic (exact) mass is 437 g/mol. The molecule has 0 saturated heterocycles. The van der Waals surface area contributed by atoms with Gasteiger partial charge in [0.1, 0.15) is 0 Å². The molecule has 2 aromatic carbocycles. The Bertz CT molecular complexity index is 884. The van der Waals surface area contributed by atoms with Crippen molar-refractivity contribution in [1.82, 2.24) is 0 Å². The van der Waals surface area contributed by atoms with Gasteiger partial charge < -0.3 is 28.0 Å². The number of carbonyl (C=O) groups is 2. The van der Waals surface area contributed by atoms with Gasteiger partial charge in [0.05, 0.1) is 17.7 Å². The number of anilines is 2. The molecular formula is C19H27N5O5S. The van der Waals surface area contributed by atoms with E-state index in [1.54, 1.807) is 42.5 Å². The fraction of sp³-hybridized carbons (Fsp3) is 0.263. The van der Waals surface area contributed by atoms with Gasteiger partial charge in [-0.15, -0.1) is 0 Å². The van der Waals surface area contributed by atoms with E-state index in [1.165, 1.54) is 6.07 Å². The Morgan fingerprint density at radius 2 is 1.37 bits per heavy atom. The number of benzene rings is 2. The number of hydrogen-bond acceptors (Lipinski definition) is 8. The van der Waals surface area contributed by atoms with Crippen LogP contribution in [0.2, 0.25) is 0 Å². The summed E-state index contributed by atoms with van der Waals surface area (Å²) in [6.07, 6.45) is 2.71. The van der Waals surface area contributed by atoms with Crippen LogP contribution in [-0.4, -0.2) is 38.5 Å². The number of nitrogens with zero attached hydrogens (tertiary/aromatic N) is 1. The summed E-state index contributed by atoms with van der Waals surface area (Å²) in [6, 6.07) is 13.1. The van der Waals surface area contributed by atoms with Crippen LogP contribution in [0.15, 0.2) is 52.9 Å². The summed E-state index contributed by atoms with van der Waals surface area (Å²) in [5.74, 6) is -1.48. The minimum atomic E-state index is -2.23. The maximum Gasteiger partial charge on any atom is 0.337 e. The highest BCUT2D eigenvalue weighted by molar-refractivity contribution is 7.61. The molecule has 2 rings (SSSR count). The van der Waals surface area contributed by atoms with Gasteiger partial charge in [-0.25, -0.2) is 4.79 Å². The molecule has 0 aliphatic heterocycles. The topological polar surface area (TPSA) is 205 Å². The van der Waals surface area contributed by atoms with Crippen LogP contribution in [0, 0.1) is 0 Å². The van der Waals surface area contributed by atoms with Crippen LogP contribution in [0.4, 0.5) is 11.4 Å². The van der Waals surface area contributed by atoms with E-state index in [1.807, 2.05) is 0 Å². The lowest BCUT2D eigenvalue weighted by Crippen LogP contribution is -2.12. The van der Waals surface area contributed by atoms with Crippen molar-refractivity contribution in [3.05, 3.63) is 59.7 Å². The predicted octanol–water partition coefficient (Wildman–Crippen LogP) is 1.51. The van der Waals surface area contributed by atoms with Crippen LogP contribution in [0.3, 0.4) is 0 Å². The molecule has 0 unspecified atom stereocenters. The van der Waals surface area contributed by atoms with Crippen molar-refractivity contribution in [2.75, 3.05) is 24.6 Å². The summed E-state index contributed by atoms with van der Waals surface area (Å²) in [5.41, 5.74) is 22.2. The average Bonchev–Trinajstić information content (AvgIpc) is 2.69. The third kappa shape index (κ3) is 12.1. The Labute approximate surface area is 176 Å². The lowest BCUT2D eigenvalue weighted by molar-refractivity contribution is 0.0697. The molecule has 10 nitrogen and oxygen atoms in total. The molecule has 0 aliphatic rings. The van der Waals surface area contributed by atoms with Crippen molar-refractivity contribution in [3.63, 3.8) is 0 Å². The van der Waals surface area contributed by atoms with Crippen molar-refractivity contribution in [3.8, 4) is 0 Å². The largest absolute Gasteiger partial charge is 0.478 e. The van der Waals surface area contributed by atoms with Gasteiger partial charge in [-0.05, 0) is 43.7 Å². The van der Waals surface area contributed by atoms with Gasteiger partial charge in [-0.3, -0.25) is 4.79 Å². The van der Waals surface area contributed by atoms with Gasteiger partial charge >= 0.3 is 16.5 Å². The number of nitrogens with two attached hydrogens (primary N) is 4. The van der Waals surface area contributed by atoms with E-state index in [2.05, 4.69) is 4.36 Å². The number of rotatable bonds is 7. The maximum absolute atomic E-state index is 10.6. The molecule has 0 saturated carbocycles. The number of carbonyl (C=O) groups excluding carboxylic acids is 1. The van der Waals surface area contributed by atoms with E-state index >= 15 is 0 Å². The number of nitrogen functional groups attached to an aromatic ring is 2. The highest BCUT2D eigenvalue weighted by atomic mass is 32.2. The second kappa shape index (κ2) is 15.5. The molecule has 164 valence electrons. The summed E-state index contributed by atoms with van der Waals surface area (Å²) in [5, 5.41) is 8.49. The zero-order valence-corrected chi connectivity index (χ0v) is 17.2. The fourth-order valence-corrected chi connectivity index (χ4v) is 2.26. The molecule has 0 atom stereocenters. The normalized spacial score (nSPS) is 9.23. The number of hydrogen-bond donors (Lipinski definition) is 5. The SMILES string of the molecule is NC(=O)c1ccccc1N.NCCCCCN=S(=O)=O.Nc1ccccc1C(=O)O. The minimum Gasteiger partial charge on any atom is -0.478 e. The Morgan fingerprint density at radius 3 is 1.70 bits per heavy atom. The Hall–Kier alpha value is -3.44. The number of primary amides is 1. The van der Waals surface area contributed by atoms with Crippen LogP contribution < -0.4 is 22.9 Å². The summed E-state index contributed by atoms with van der Waals surface area (Å²) < 4.78 is 23.0. The molecule has 1 amide bonds. The first-order chi connectivity index (χ1) is 14.2. The number of amides is 1. The lowest BCUT2D eigenvalue weighted by atomic mass is 10.2. The second-order valence-corrected chi connectivity index (χ2v) is 6.46. The van der Waals surface area contributed by atoms with Crippen molar-refractivity contribution in [2.24, 2.45) is 15.8 Å².